The molecule has 0 aliphatic heterocycles. The zero-order valence-corrected chi connectivity index (χ0v) is 20.7. The average molecular weight is 517 g/mol. The van der Waals surface area contributed by atoms with E-state index >= 15 is 0 Å². The predicted molar refractivity (Wildman–Crippen MR) is 131 cm³/mol. The van der Waals surface area contributed by atoms with E-state index in [1.54, 1.807) is 4.68 Å². The van der Waals surface area contributed by atoms with Gasteiger partial charge in [0.2, 0.25) is 5.95 Å². The van der Waals surface area contributed by atoms with Crippen molar-refractivity contribution in [3.63, 3.8) is 0 Å². The fourth-order valence-corrected chi connectivity index (χ4v) is 3.67. The molecule has 0 saturated carbocycles. The largest absolute Gasteiger partial charge is 0.490 e. The first-order chi connectivity index (χ1) is 16.0. The number of unbranched alkanes of at least 4 members (excludes halogenated alkanes) is 1. The minimum atomic E-state index is -0.252. The molecule has 1 aromatic heterocycles. The number of halogens is 1. The third-order valence-corrected chi connectivity index (χ3v) is 5.35. The summed E-state index contributed by atoms with van der Waals surface area (Å²) in [7, 11) is 0. The smallest absolute Gasteiger partial charge is 0.262 e. The van der Waals surface area contributed by atoms with Gasteiger partial charge in [-0.25, -0.2) is 4.68 Å². The average Bonchev–Trinajstić information content (AvgIpc) is 3.24. The van der Waals surface area contributed by atoms with Crippen molar-refractivity contribution in [1.82, 2.24) is 20.2 Å². The summed E-state index contributed by atoms with van der Waals surface area (Å²) in [5.41, 5.74) is 2.80. The summed E-state index contributed by atoms with van der Waals surface area (Å²) in [5.74, 6) is 1.40. The lowest BCUT2D eigenvalue weighted by atomic mass is 10.2. The molecular weight excluding hydrogens is 488 g/mol. The first-order valence-electron chi connectivity index (χ1n) is 10.9. The highest BCUT2D eigenvalue weighted by molar-refractivity contribution is 9.10. The molecule has 0 saturated heterocycles. The van der Waals surface area contributed by atoms with Crippen LogP contribution in [0.2, 0.25) is 0 Å². The third-order valence-electron chi connectivity index (χ3n) is 4.76. The molecular formula is C23H29BrN6O3. The Morgan fingerprint density at radius 3 is 2.67 bits per heavy atom. The molecule has 2 N–H and O–H groups in total. The molecule has 3 aromatic rings. The standard InChI is InChI=1S/C23H29BrN6O3/c1-4-6-11-30-23(27-28-29-30)25-14-17-12-19(24)22(20(13-17)32-5-2)33-15-21(31)26-18-9-7-16(3)8-10-18/h7-10,12-13H,4-6,11,14-15H2,1-3H3,(H,26,31)(H,25,27,29). The van der Waals surface area contributed by atoms with E-state index in [1.807, 2.05) is 50.2 Å². The van der Waals surface area contributed by atoms with Crippen LogP contribution in [-0.4, -0.2) is 39.3 Å². The molecule has 176 valence electrons. The highest BCUT2D eigenvalue weighted by atomic mass is 79.9. The van der Waals surface area contributed by atoms with Crippen LogP contribution in [0, 0.1) is 6.92 Å². The molecule has 3 rings (SSSR count). The van der Waals surface area contributed by atoms with Gasteiger partial charge in [0.25, 0.3) is 5.91 Å². The van der Waals surface area contributed by atoms with E-state index in [4.69, 9.17) is 9.47 Å². The Hall–Kier alpha value is -3.14. The van der Waals surface area contributed by atoms with Crippen LogP contribution in [0.25, 0.3) is 0 Å². The van der Waals surface area contributed by atoms with E-state index < -0.39 is 0 Å². The summed E-state index contributed by atoms with van der Waals surface area (Å²) in [6.07, 6.45) is 2.07. The lowest BCUT2D eigenvalue weighted by molar-refractivity contribution is -0.118. The van der Waals surface area contributed by atoms with Gasteiger partial charge in [0, 0.05) is 18.8 Å². The number of nitrogens with zero attached hydrogens (tertiary/aromatic N) is 4. The van der Waals surface area contributed by atoms with Crippen LogP contribution in [0.3, 0.4) is 0 Å². The van der Waals surface area contributed by atoms with Gasteiger partial charge in [-0.15, -0.1) is 0 Å². The number of carbonyl (C=O) groups is 1. The van der Waals surface area contributed by atoms with Crippen LogP contribution < -0.4 is 20.1 Å². The monoisotopic (exact) mass is 516 g/mol. The van der Waals surface area contributed by atoms with Crippen molar-refractivity contribution < 1.29 is 14.3 Å². The Morgan fingerprint density at radius 1 is 1.15 bits per heavy atom. The molecule has 10 heteroatoms. The van der Waals surface area contributed by atoms with Crippen LogP contribution in [0.1, 0.15) is 37.8 Å². The van der Waals surface area contributed by atoms with E-state index in [1.165, 1.54) is 0 Å². The molecule has 9 nitrogen and oxygen atoms in total. The van der Waals surface area contributed by atoms with Crippen LogP contribution in [0.5, 0.6) is 11.5 Å². The zero-order valence-electron chi connectivity index (χ0n) is 19.1. The van der Waals surface area contributed by atoms with Gasteiger partial charge in [0.15, 0.2) is 18.1 Å². The molecule has 0 spiro atoms. The van der Waals surface area contributed by atoms with E-state index in [0.29, 0.717) is 35.1 Å². The Labute approximate surface area is 202 Å². The van der Waals surface area contributed by atoms with E-state index in [0.717, 1.165) is 36.2 Å². The number of anilines is 2. The predicted octanol–water partition coefficient (Wildman–Crippen LogP) is 4.57. The van der Waals surface area contributed by atoms with Crippen molar-refractivity contribution in [2.45, 2.75) is 46.7 Å². The van der Waals surface area contributed by atoms with Gasteiger partial charge in [-0.1, -0.05) is 36.1 Å². The molecule has 0 unspecified atom stereocenters. The van der Waals surface area contributed by atoms with Crippen LogP contribution >= 0.6 is 15.9 Å². The highest BCUT2D eigenvalue weighted by Gasteiger charge is 2.15. The third kappa shape index (κ3) is 7.18. The van der Waals surface area contributed by atoms with Gasteiger partial charge in [-0.05, 0) is 76.5 Å². The van der Waals surface area contributed by atoms with Gasteiger partial charge >= 0.3 is 0 Å². The van der Waals surface area contributed by atoms with Gasteiger partial charge in [-0.3, -0.25) is 4.79 Å². The molecule has 1 heterocycles. The summed E-state index contributed by atoms with van der Waals surface area (Å²) >= 11 is 3.55. The lowest BCUT2D eigenvalue weighted by Gasteiger charge is -2.16. The van der Waals surface area contributed by atoms with E-state index in [9.17, 15) is 4.79 Å². The number of aromatic nitrogens is 4. The number of hydrogen-bond acceptors (Lipinski definition) is 7. The Balaban J connectivity index is 1.64. The minimum Gasteiger partial charge on any atom is -0.490 e. The van der Waals surface area contributed by atoms with Crippen molar-refractivity contribution in [2.24, 2.45) is 0 Å². The maximum atomic E-state index is 12.3. The number of hydrogen-bond donors (Lipinski definition) is 2. The topological polar surface area (TPSA) is 103 Å². The van der Waals surface area contributed by atoms with Gasteiger partial charge < -0.3 is 20.1 Å². The molecule has 2 aromatic carbocycles. The molecule has 33 heavy (non-hydrogen) atoms. The zero-order chi connectivity index (χ0) is 23.6. The summed E-state index contributed by atoms with van der Waals surface area (Å²) < 4.78 is 14.0. The summed E-state index contributed by atoms with van der Waals surface area (Å²) in [4.78, 5) is 12.3. The molecule has 0 bridgehead atoms. The first-order valence-corrected chi connectivity index (χ1v) is 11.7. The summed E-state index contributed by atoms with van der Waals surface area (Å²) in [5, 5.41) is 17.9. The fourth-order valence-electron chi connectivity index (χ4n) is 3.07. The van der Waals surface area contributed by atoms with Crippen LogP contribution in [-0.2, 0) is 17.9 Å². The normalized spacial score (nSPS) is 10.7. The minimum absolute atomic E-state index is 0.143. The van der Waals surface area contributed by atoms with E-state index in [-0.39, 0.29) is 12.5 Å². The number of ether oxygens (including phenoxy) is 2. The summed E-state index contributed by atoms with van der Waals surface area (Å²) in [6, 6.07) is 11.4. The highest BCUT2D eigenvalue weighted by Crippen LogP contribution is 2.37. The number of nitrogens with one attached hydrogen (secondary N) is 2. The van der Waals surface area contributed by atoms with Crippen LogP contribution in [0.15, 0.2) is 40.9 Å². The molecule has 0 aliphatic rings. The number of rotatable bonds is 12. The maximum Gasteiger partial charge on any atom is 0.262 e. The van der Waals surface area contributed by atoms with Crippen molar-refractivity contribution >= 4 is 33.5 Å². The lowest BCUT2D eigenvalue weighted by Crippen LogP contribution is -2.20. The van der Waals surface area contributed by atoms with Gasteiger partial charge in [-0.2, -0.15) is 0 Å². The molecule has 0 atom stereocenters. The molecule has 0 aliphatic carbocycles. The Bertz CT molecular complexity index is 1050. The van der Waals surface area contributed by atoms with Crippen LogP contribution in [0.4, 0.5) is 11.6 Å². The second-order valence-electron chi connectivity index (χ2n) is 7.47. The molecule has 0 radical (unpaired) electrons. The number of aryl methyl sites for hydroxylation is 2. The van der Waals surface area contributed by atoms with Gasteiger partial charge in [0.1, 0.15) is 0 Å². The van der Waals surface area contributed by atoms with Crippen molar-refractivity contribution in [3.05, 3.63) is 52.0 Å². The van der Waals surface area contributed by atoms with Crippen molar-refractivity contribution in [3.8, 4) is 11.5 Å². The second-order valence-corrected chi connectivity index (χ2v) is 8.33. The molecule has 0 fully saturated rings. The fraction of sp³-hybridized carbons (Fsp3) is 0.391. The number of amides is 1. The summed E-state index contributed by atoms with van der Waals surface area (Å²) in [6.45, 7) is 7.60. The first kappa shape index (κ1) is 24.5. The van der Waals surface area contributed by atoms with Crippen molar-refractivity contribution in [1.29, 1.82) is 0 Å². The Morgan fingerprint density at radius 2 is 1.94 bits per heavy atom. The number of carbonyl (C=O) groups excluding carboxylic acids is 1. The van der Waals surface area contributed by atoms with Crippen molar-refractivity contribution in [2.75, 3.05) is 23.8 Å². The molecule has 1 amide bonds. The quantitative estimate of drug-likeness (QED) is 0.363. The Kier molecular flexibility index (Phi) is 9.05. The number of benzene rings is 2. The number of tetrazole rings is 1. The van der Waals surface area contributed by atoms with E-state index in [2.05, 4.69) is 49.0 Å². The SMILES string of the molecule is CCCCn1nnnc1NCc1cc(Br)c(OCC(=O)Nc2ccc(C)cc2)c(OCC)c1. The maximum absolute atomic E-state index is 12.3. The second kappa shape index (κ2) is 12.2. The van der Waals surface area contributed by atoms with Gasteiger partial charge in [0.05, 0.1) is 11.1 Å².